The second-order valence-electron chi connectivity index (χ2n) is 8.25. The predicted molar refractivity (Wildman–Crippen MR) is 131 cm³/mol. The van der Waals surface area contributed by atoms with Crippen molar-refractivity contribution in [1.29, 1.82) is 0 Å². The normalized spacial score (nSPS) is 14.4. The number of anilines is 1. The van der Waals surface area contributed by atoms with Gasteiger partial charge in [-0.15, -0.1) is 11.3 Å². The average Bonchev–Trinajstić information content (AvgIpc) is 3.13. The highest BCUT2D eigenvalue weighted by Gasteiger charge is 2.18. The summed E-state index contributed by atoms with van der Waals surface area (Å²) in [5.41, 5.74) is 1.97. The van der Waals surface area contributed by atoms with Crippen molar-refractivity contribution in [3.8, 4) is 11.5 Å². The van der Waals surface area contributed by atoms with Gasteiger partial charge in [0.05, 0.1) is 31.3 Å². The molecule has 4 aromatic rings. The van der Waals surface area contributed by atoms with Crippen molar-refractivity contribution in [1.82, 2.24) is 19.9 Å². The van der Waals surface area contributed by atoms with Gasteiger partial charge < -0.3 is 14.8 Å². The summed E-state index contributed by atoms with van der Waals surface area (Å²) in [7, 11) is 0. The number of hydrogen-bond donors (Lipinski definition) is 1. The number of pyridine rings is 1. The van der Waals surface area contributed by atoms with Crippen LogP contribution in [0.1, 0.15) is 21.8 Å². The highest BCUT2D eigenvalue weighted by molar-refractivity contribution is 7.18. The topological polar surface area (TPSA) is 72.4 Å². The summed E-state index contributed by atoms with van der Waals surface area (Å²) in [6.07, 6.45) is 3.19. The molecule has 4 heterocycles. The van der Waals surface area contributed by atoms with Gasteiger partial charge in [-0.3, -0.25) is 9.88 Å². The van der Waals surface area contributed by atoms with Crippen molar-refractivity contribution < 1.29 is 13.9 Å². The lowest BCUT2D eigenvalue weighted by Gasteiger charge is -2.25. The zero-order valence-electron chi connectivity index (χ0n) is 19.2. The van der Waals surface area contributed by atoms with Crippen molar-refractivity contribution in [2.24, 2.45) is 0 Å². The van der Waals surface area contributed by atoms with Crippen LogP contribution in [0.3, 0.4) is 0 Å². The molecule has 1 aliphatic heterocycles. The second kappa shape index (κ2) is 10.0. The molecule has 1 aromatic carbocycles. The zero-order chi connectivity index (χ0) is 23.5. The number of nitrogens with zero attached hydrogens (tertiary/aromatic N) is 4. The summed E-state index contributed by atoms with van der Waals surface area (Å²) >= 11 is 1.68. The Bertz CT molecular complexity index is 1290. The number of ether oxygens (including phenoxy) is 2. The van der Waals surface area contributed by atoms with E-state index in [4.69, 9.17) is 19.4 Å². The molecular formula is C25H26FN5O2S. The van der Waals surface area contributed by atoms with Crippen LogP contribution in [0.5, 0.6) is 11.5 Å². The Balaban J connectivity index is 1.35. The lowest BCUT2D eigenvalue weighted by molar-refractivity contribution is 0.0331. The highest BCUT2D eigenvalue weighted by atomic mass is 32.1. The number of hydrogen-bond acceptors (Lipinski definition) is 8. The quantitative estimate of drug-likeness (QED) is 0.396. The average molecular weight is 480 g/mol. The van der Waals surface area contributed by atoms with Crippen molar-refractivity contribution >= 4 is 27.4 Å². The standard InChI is InChI=1S/C25H26FN5O2S/c1-16-17(2)34-25-23(16)24(29-22(30-25)15-31-8-10-32-11-9-31)28-13-18-5-6-21(20(26)12-18)33-19-4-3-7-27-14-19/h3-7,12,14H,8-11,13,15H2,1-2H3,(H,28,29,30). The van der Waals surface area contributed by atoms with Gasteiger partial charge in [0.2, 0.25) is 0 Å². The van der Waals surface area contributed by atoms with Crippen LogP contribution in [0.2, 0.25) is 0 Å². The molecule has 0 aliphatic carbocycles. The van der Waals surface area contributed by atoms with Gasteiger partial charge >= 0.3 is 0 Å². The largest absolute Gasteiger partial charge is 0.453 e. The number of nitrogens with one attached hydrogen (secondary N) is 1. The van der Waals surface area contributed by atoms with Crippen molar-refractivity contribution in [2.75, 3.05) is 31.6 Å². The number of aromatic nitrogens is 3. The van der Waals surface area contributed by atoms with Gasteiger partial charge in [-0.25, -0.2) is 14.4 Å². The Labute approximate surface area is 201 Å². The summed E-state index contributed by atoms with van der Waals surface area (Å²) in [6.45, 7) is 8.52. The molecule has 0 unspecified atom stereocenters. The lowest BCUT2D eigenvalue weighted by Crippen LogP contribution is -2.36. The molecule has 3 aromatic heterocycles. The number of fused-ring (bicyclic) bond motifs is 1. The van der Waals surface area contributed by atoms with Crippen LogP contribution in [0.4, 0.5) is 10.2 Å². The molecule has 0 atom stereocenters. The van der Waals surface area contributed by atoms with E-state index in [1.807, 2.05) is 6.07 Å². The third-order valence-electron chi connectivity index (χ3n) is 5.86. The first-order chi connectivity index (χ1) is 16.6. The first-order valence-corrected chi connectivity index (χ1v) is 12.1. The van der Waals surface area contributed by atoms with E-state index in [1.54, 1.807) is 41.9 Å². The Morgan fingerprint density at radius 2 is 2.03 bits per heavy atom. The predicted octanol–water partition coefficient (Wildman–Crippen LogP) is 5.08. The smallest absolute Gasteiger partial charge is 0.166 e. The minimum absolute atomic E-state index is 0.165. The minimum atomic E-state index is -0.424. The van der Waals surface area contributed by atoms with Crippen LogP contribution in [-0.4, -0.2) is 46.2 Å². The van der Waals surface area contributed by atoms with E-state index in [9.17, 15) is 4.39 Å². The molecule has 5 rings (SSSR count). The zero-order valence-corrected chi connectivity index (χ0v) is 20.0. The van der Waals surface area contributed by atoms with Crippen LogP contribution in [0.25, 0.3) is 10.2 Å². The Kier molecular flexibility index (Phi) is 6.66. The first-order valence-electron chi connectivity index (χ1n) is 11.2. The Morgan fingerprint density at radius 3 is 2.79 bits per heavy atom. The van der Waals surface area contributed by atoms with Gasteiger partial charge in [0.15, 0.2) is 11.6 Å². The lowest BCUT2D eigenvalue weighted by atomic mass is 10.2. The summed E-state index contributed by atoms with van der Waals surface area (Å²) in [5, 5.41) is 4.46. The number of morpholine rings is 1. The van der Waals surface area contributed by atoms with E-state index < -0.39 is 5.82 Å². The Hall–Kier alpha value is -3.14. The fraction of sp³-hybridized carbons (Fsp3) is 0.320. The number of benzene rings is 1. The molecule has 7 nitrogen and oxygen atoms in total. The molecule has 176 valence electrons. The molecule has 1 saturated heterocycles. The van der Waals surface area contributed by atoms with Crippen LogP contribution in [0.15, 0.2) is 42.7 Å². The summed E-state index contributed by atoms with van der Waals surface area (Å²) in [4.78, 5) is 18.2. The molecule has 0 saturated carbocycles. The minimum Gasteiger partial charge on any atom is -0.453 e. The SMILES string of the molecule is Cc1sc2nc(CN3CCOCC3)nc(NCc3ccc(Oc4cccnc4)c(F)c3)c2c1C. The summed E-state index contributed by atoms with van der Waals surface area (Å²) < 4.78 is 25.7. The third-order valence-corrected chi connectivity index (χ3v) is 6.96. The number of aryl methyl sites for hydroxylation is 2. The fourth-order valence-electron chi connectivity index (χ4n) is 3.91. The molecule has 0 spiro atoms. The maximum absolute atomic E-state index is 14.7. The molecule has 34 heavy (non-hydrogen) atoms. The summed E-state index contributed by atoms with van der Waals surface area (Å²) in [6, 6.07) is 8.45. The molecule has 1 aliphatic rings. The van der Waals surface area contributed by atoms with Crippen molar-refractivity contribution in [3.63, 3.8) is 0 Å². The number of rotatable bonds is 7. The Morgan fingerprint density at radius 1 is 1.18 bits per heavy atom. The van der Waals surface area contributed by atoms with Gasteiger partial charge in [-0.05, 0) is 49.2 Å². The van der Waals surface area contributed by atoms with E-state index in [0.717, 1.165) is 53.7 Å². The third kappa shape index (κ3) is 5.01. The van der Waals surface area contributed by atoms with Gasteiger partial charge in [-0.2, -0.15) is 0 Å². The fourth-order valence-corrected chi connectivity index (χ4v) is 4.96. The maximum Gasteiger partial charge on any atom is 0.166 e. The second-order valence-corrected chi connectivity index (χ2v) is 9.45. The molecule has 1 N–H and O–H groups in total. The van der Waals surface area contributed by atoms with Crippen molar-refractivity contribution in [3.05, 3.63) is 70.4 Å². The van der Waals surface area contributed by atoms with E-state index in [0.29, 0.717) is 18.8 Å². The highest BCUT2D eigenvalue weighted by Crippen LogP contribution is 2.34. The van der Waals surface area contributed by atoms with Gasteiger partial charge in [-0.1, -0.05) is 6.07 Å². The van der Waals surface area contributed by atoms with E-state index >= 15 is 0 Å². The van der Waals surface area contributed by atoms with E-state index in [1.165, 1.54) is 16.5 Å². The molecule has 9 heteroatoms. The van der Waals surface area contributed by atoms with Gasteiger partial charge in [0.25, 0.3) is 0 Å². The van der Waals surface area contributed by atoms with E-state index in [2.05, 4.69) is 29.0 Å². The summed E-state index contributed by atoms with van der Waals surface area (Å²) in [5.74, 6) is 1.80. The number of halogens is 1. The monoisotopic (exact) mass is 479 g/mol. The van der Waals surface area contributed by atoms with E-state index in [-0.39, 0.29) is 5.75 Å². The molecule has 0 bridgehead atoms. The molecule has 0 amide bonds. The molecule has 1 fully saturated rings. The van der Waals surface area contributed by atoms with Gasteiger partial charge in [0.1, 0.15) is 22.2 Å². The van der Waals surface area contributed by atoms with Crippen LogP contribution < -0.4 is 10.1 Å². The maximum atomic E-state index is 14.7. The number of thiophene rings is 1. The van der Waals surface area contributed by atoms with Crippen LogP contribution in [0, 0.1) is 19.7 Å². The molecular weight excluding hydrogens is 453 g/mol. The van der Waals surface area contributed by atoms with Crippen molar-refractivity contribution in [2.45, 2.75) is 26.9 Å². The van der Waals surface area contributed by atoms with Crippen LogP contribution >= 0.6 is 11.3 Å². The van der Waals surface area contributed by atoms with Crippen LogP contribution in [-0.2, 0) is 17.8 Å². The molecule has 0 radical (unpaired) electrons. The van der Waals surface area contributed by atoms with Gasteiger partial charge in [0, 0.05) is 30.7 Å². The first kappa shape index (κ1) is 22.6.